The summed E-state index contributed by atoms with van der Waals surface area (Å²) in [4.78, 5) is 19.8. The topological polar surface area (TPSA) is 86.7 Å². The fourth-order valence-corrected chi connectivity index (χ4v) is 2.84. The number of nitrogen functional groups attached to an aromatic ring is 1. The molecular weight excluding hydrogens is 311 g/mol. The van der Waals surface area contributed by atoms with E-state index in [4.69, 9.17) is 5.73 Å². The summed E-state index contributed by atoms with van der Waals surface area (Å²) in [5.74, 6) is -1.41. The molecule has 6 nitrogen and oxygen atoms in total. The molecule has 23 heavy (non-hydrogen) atoms. The third-order valence-corrected chi connectivity index (χ3v) is 3.87. The Morgan fingerprint density at radius 2 is 1.91 bits per heavy atom. The lowest BCUT2D eigenvalue weighted by molar-refractivity contribution is -0.142. The highest BCUT2D eigenvalue weighted by atomic mass is 19.4. The molecular formula is C14H14F3N5O. The molecule has 1 aliphatic carbocycles. The maximum absolute atomic E-state index is 13.4. The van der Waals surface area contributed by atoms with Crippen LogP contribution in [0, 0.1) is 0 Å². The van der Waals surface area contributed by atoms with Crippen molar-refractivity contribution in [3.8, 4) is 5.95 Å². The maximum atomic E-state index is 13.4. The Balaban J connectivity index is 2.17. The number of carbonyl (C=O) groups excluding carboxylic acids is 1. The Hall–Kier alpha value is -2.45. The van der Waals surface area contributed by atoms with Crippen molar-refractivity contribution in [1.82, 2.24) is 19.7 Å². The SMILES string of the molecule is Nc1c(C2CCCCC2=O)c(C(F)(F)F)nn1-c1ncccn1. The van der Waals surface area contributed by atoms with Gasteiger partial charge in [0.05, 0.1) is 0 Å². The first-order valence-electron chi connectivity index (χ1n) is 7.15. The predicted octanol–water partition coefficient (Wildman–Crippen LogP) is 2.49. The van der Waals surface area contributed by atoms with Crippen LogP contribution in [0.1, 0.15) is 42.9 Å². The van der Waals surface area contributed by atoms with Crippen LogP contribution in [-0.4, -0.2) is 25.5 Å². The normalized spacial score (nSPS) is 19.1. The number of alkyl halides is 3. The van der Waals surface area contributed by atoms with E-state index in [1.807, 2.05) is 0 Å². The second-order valence-corrected chi connectivity index (χ2v) is 5.37. The van der Waals surface area contributed by atoms with Crippen LogP contribution >= 0.6 is 0 Å². The fraction of sp³-hybridized carbons (Fsp3) is 0.429. The summed E-state index contributed by atoms with van der Waals surface area (Å²) < 4.78 is 40.9. The molecule has 2 aromatic heterocycles. The van der Waals surface area contributed by atoms with Crippen LogP contribution in [0.2, 0.25) is 0 Å². The van der Waals surface area contributed by atoms with Crippen LogP contribution in [0.15, 0.2) is 18.5 Å². The Morgan fingerprint density at radius 1 is 1.22 bits per heavy atom. The first kappa shape index (κ1) is 15.4. The smallest absolute Gasteiger partial charge is 0.383 e. The average molecular weight is 325 g/mol. The molecule has 1 aliphatic rings. The van der Waals surface area contributed by atoms with Crippen LogP contribution in [-0.2, 0) is 11.0 Å². The monoisotopic (exact) mass is 325 g/mol. The van der Waals surface area contributed by atoms with E-state index >= 15 is 0 Å². The van der Waals surface area contributed by atoms with Crippen LogP contribution in [0.3, 0.4) is 0 Å². The minimum absolute atomic E-state index is 0.0648. The Bertz CT molecular complexity index is 726. The minimum Gasteiger partial charge on any atom is -0.383 e. The van der Waals surface area contributed by atoms with Gasteiger partial charge in [-0.2, -0.15) is 23.0 Å². The van der Waals surface area contributed by atoms with E-state index in [1.165, 1.54) is 18.5 Å². The zero-order chi connectivity index (χ0) is 16.6. The number of carbonyl (C=O) groups is 1. The van der Waals surface area contributed by atoms with Gasteiger partial charge in [-0.25, -0.2) is 9.97 Å². The van der Waals surface area contributed by atoms with Gasteiger partial charge in [0.15, 0.2) is 5.69 Å². The summed E-state index contributed by atoms with van der Waals surface area (Å²) in [5, 5.41) is 3.55. The van der Waals surface area contributed by atoms with E-state index in [0.717, 1.165) is 4.68 Å². The van der Waals surface area contributed by atoms with Crippen LogP contribution in [0.25, 0.3) is 5.95 Å². The van der Waals surface area contributed by atoms with Gasteiger partial charge in [-0.15, -0.1) is 0 Å². The summed E-state index contributed by atoms with van der Waals surface area (Å²) in [7, 11) is 0. The van der Waals surface area contributed by atoms with E-state index in [9.17, 15) is 18.0 Å². The number of nitrogens with zero attached hydrogens (tertiary/aromatic N) is 4. The van der Waals surface area contributed by atoms with E-state index < -0.39 is 17.8 Å². The van der Waals surface area contributed by atoms with Crippen LogP contribution in [0.4, 0.5) is 19.0 Å². The average Bonchev–Trinajstić information content (AvgIpc) is 2.86. The van der Waals surface area contributed by atoms with E-state index in [1.54, 1.807) is 0 Å². The summed E-state index contributed by atoms with van der Waals surface area (Å²) in [5.41, 5.74) is 4.50. The highest BCUT2D eigenvalue weighted by Crippen LogP contribution is 2.42. The van der Waals surface area contributed by atoms with Crippen molar-refractivity contribution in [1.29, 1.82) is 0 Å². The standard InChI is InChI=1S/C14H14F3N5O/c15-14(16,17)11-10(8-4-1-2-5-9(8)23)12(18)22(21-11)13-19-6-3-7-20-13/h3,6-8H,1-2,4-5,18H2. The number of hydrogen-bond donors (Lipinski definition) is 1. The number of rotatable bonds is 2. The second-order valence-electron chi connectivity index (χ2n) is 5.37. The summed E-state index contributed by atoms with van der Waals surface area (Å²) >= 11 is 0. The highest BCUT2D eigenvalue weighted by molar-refractivity contribution is 5.88. The van der Waals surface area contributed by atoms with E-state index in [0.29, 0.717) is 19.3 Å². The molecule has 122 valence electrons. The lowest BCUT2D eigenvalue weighted by Crippen LogP contribution is -2.21. The third kappa shape index (κ3) is 2.78. The van der Waals surface area contributed by atoms with Gasteiger partial charge in [-0.3, -0.25) is 4.79 Å². The zero-order valence-corrected chi connectivity index (χ0v) is 12.0. The van der Waals surface area contributed by atoms with Crippen molar-refractivity contribution in [2.75, 3.05) is 5.73 Å². The Labute approximate surface area is 129 Å². The van der Waals surface area contributed by atoms with Crippen molar-refractivity contribution in [2.45, 2.75) is 37.8 Å². The summed E-state index contributed by atoms with van der Waals surface area (Å²) in [6.45, 7) is 0. The number of Topliss-reactive ketones (excluding diaryl/α,β-unsaturated/α-hetero) is 1. The molecule has 2 N–H and O–H groups in total. The molecule has 3 rings (SSSR count). The van der Waals surface area contributed by atoms with E-state index in [2.05, 4.69) is 15.1 Å². The van der Waals surface area contributed by atoms with Crippen molar-refractivity contribution >= 4 is 11.6 Å². The van der Waals surface area contributed by atoms with Crippen LogP contribution < -0.4 is 5.73 Å². The number of anilines is 1. The molecule has 0 aromatic carbocycles. The predicted molar refractivity (Wildman–Crippen MR) is 74.8 cm³/mol. The zero-order valence-electron chi connectivity index (χ0n) is 12.0. The van der Waals surface area contributed by atoms with Gasteiger partial charge in [0.1, 0.15) is 11.6 Å². The molecule has 0 saturated heterocycles. The van der Waals surface area contributed by atoms with Gasteiger partial charge in [0.2, 0.25) is 0 Å². The number of ketones is 1. The van der Waals surface area contributed by atoms with Gasteiger partial charge >= 0.3 is 6.18 Å². The van der Waals surface area contributed by atoms with Crippen LogP contribution in [0.5, 0.6) is 0 Å². The number of nitrogens with two attached hydrogens (primary N) is 1. The lowest BCUT2D eigenvalue weighted by Gasteiger charge is -2.21. The summed E-state index contributed by atoms with van der Waals surface area (Å²) in [6.07, 6.45) is 0.0140. The number of halogens is 3. The Kier molecular flexibility index (Phi) is 3.78. The summed E-state index contributed by atoms with van der Waals surface area (Å²) in [6, 6.07) is 1.53. The first-order valence-corrected chi connectivity index (χ1v) is 7.15. The molecule has 1 unspecified atom stereocenters. The van der Waals surface area contributed by atoms with Gasteiger partial charge in [-0.1, -0.05) is 6.42 Å². The molecule has 1 atom stereocenters. The van der Waals surface area contributed by atoms with Crippen molar-refractivity contribution in [2.24, 2.45) is 0 Å². The third-order valence-electron chi connectivity index (χ3n) is 3.87. The van der Waals surface area contributed by atoms with Crippen molar-refractivity contribution < 1.29 is 18.0 Å². The van der Waals surface area contributed by atoms with Gasteiger partial charge < -0.3 is 5.73 Å². The molecule has 2 aromatic rings. The quantitative estimate of drug-likeness (QED) is 0.916. The van der Waals surface area contributed by atoms with Gasteiger partial charge in [-0.05, 0) is 18.9 Å². The second kappa shape index (κ2) is 5.64. The highest BCUT2D eigenvalue weighted by Gasteiger charge is 2.43. The molecule has 2 heterocycles. The van der Waals surface area contributed by atoms with Gasteiger partial charge in [0, 0.05) is 30.3 Å². The lowest BCUT2D eigenvalue weighted by atomic mass is 9.82. The molecule has 0 radical (unpaired) electrons. The number of hydrogen-bond acceptors (Lipinski definition) is 5. The molecule has 0 aliphatic heterocycles. The fourth-order valence-electron chi connectivity index (χ4n) is 2.84. The molecule has 9 heteroatoms. The minimum atomic E-state index is -4.71. The molecule has 1 fully saturated rings. The van der Waals surface area contributed by atoms with Gasteiger partial charge in [0.25, 0.3) is 5.95 Å². The largest absolute Gasteiger partial charge is 0.435 e. The first-order chi connectivity index (χ1) is 10.9. The molecule has 0 spiro atoms. The molecule has 0 amide bonds. The molecule has 1 saturated carbocycles. The van der Waals surface area contributed by atoms with E-state index in [-0.39, 0.29) is 29.5 Å². The van der Waals surface area contributed by atoms with Crippen molar-refractivity contribution in [3.05, 3.63) is 29.7 Å². The molecule has 0 bridgehead atoms. The maximum Gasteiger partial charge on any atom is 0.435 e. The number of aromatic nitrogens is 4. The Morgan fingerprint density at radius 3 is 2.52 bits per heavy atom. The van der Waals surface area contributed by atoms with Crippen molar-refractivity contribution in [3.63, 3.8) is 0 Å².